The maximum Gasteiger partial charge on any atom is 0.210 e. The van der Waals surface area contributed by atoms with Gasteiger partial charge >= 0.3 is 0 Å². The van der Waals surface area contributed by atoms with Gasteiger partial charge in [0.15, 0.2) is 15.6 Å². The summed E-state index contributed by atoms with van der Waals surface area (Å²) in [6.07, 6.45) is 1.53. The normalized spacial score (nSPS) is 11.5. The first-order chi connectivity index (χ1) is 10.5. The number of halogens is 1. The van der Waals surface area contributed by atoms with Crippen molar-refractivity contribution in [3.05, 3.63) is 71.7 Å². The van der Waals surface area contributed by atoms with Crippen molar-refractivity contribution in [1.29, 1.82) is 0 Å². The fourth-order valence-electron chi connectivity index (χ4n) is 2.00. The number of nitrogens with zero attached hydrogens (tertiary/aromatic N) is 1. The molecule has 0 aliphatic rings. The zero-order chi connectivity index (χ0) is 15.6. The van der Waals surface area contributed by atoms with Gasteiger partial charge in [-0.3, -0.25) is 0 Å². The molecule has 0 atom stereocenters. The number of oxazole rings is 1. The summed E-state index contributed by atoms with van der Waals surface area (Å²) in [5.41, 5.74) is 0.852. The second-order valence-electron chi connectivity index (χ2n) is 4.70. The van der Waals surface area contributed by atoms with Crippen molar-refractivity contribution >= 4 is 21.4 Å². The highest BCUT2D eigenvalue weighted by Gasteiger charge is 2.19. The lowest BCUT2D eigenvalue weighted by Crippen LogP contribution is -2.04. The van der Waals surface area contributed by atoms with E-state index >= 15 is 0 Å². The van der Waals surface area contributed by atoms with Gasteiger partial charge in [-0.05, 0) is 24.3 Å². The highest BCUT2D eigenvalue weighted by molar-refractivity contribution is 7.90. The Morgan fingerprint density at radius 2 is 1.68 bits per heavy atom. The maximum atomic E-state index is 12.3. The lowest BCUT2D eigenvalue weighted by molar-refractivity contribution is 0.519. The molecule has 0 spiro atoms. The van der Waals surface area contributed by atoms with Crippen LogP contribution < -0.4 is 0 Å². The third kappa shape index (κ3) is 3.21. The van der Waals surface area contributed by atoms with Crippen LogP contribution in [0.25, 0.3) is 11.3 Å². The minimum atomic E-state index is -3.51. The molecule has 6 heteroatoms. The van der Waals surface area contributed by atoms with Gasteiger partial charge in [-0.2, -0.15) is 0 Å². The smallest absolute Gasteiger partial charge is 0.210 e. The predicted octanol–water partition coefficient (Wildman–Crippen LogP) is 3.97. The number of hydrogen-bond acceptors (Lipinski definition) is 4. The van der Waals surface area contributed by atoms with E-state index in [4.69, 9.17) is 16.0 Å². The van der Waals surface area contributed by atoms with Gasteiger partial charge in [-0.15, -0.1) is 0 Å². The van der Waals surface area contributed by atoms with E-state index in [-0.39, 0.29) is 16.5 Å². The molecule has 2 aromatic carbocycles. The number of sulfone groups is 1. The topological polar surface area (TPSA) is 60.2 Å². The molecule has 4 nitrogen and oxygen atoms in total. The molecule has 3 rings (SSSR count). The van der Waals surface area contributed by atoms with Crippen molar-refractivity contribution in [2.45, 2.75) is 10.6 Å². The Balaban J connectivity index is 1.84. The van der Waals surface area contributed by atoms with E-state index in [1.54, 1.807) is 12.1 Å². The summed E-state index contributed by atoms with van der Waals surface area (Å²) in [6, 6.07) is 15.4. The Morgan fingerprint density at radius 3 is 2.36 bits per heavy atom. The lowest BCUT2D eigenvalue weighted by Gasteiger charge is -2.02. The van der Waals surface area contributed by atoms with Crippen LogP contribution in [0, 0.1) is 0 Å². The molecule has 3 aromatic rings. The van der Waals surface area contributed by atoms with Crippen LogP contribution in [-0.2, 0) is 15.6 Å². The fourth-order valence-corrected chi connectivity index (χ4v) is 3.30. The highest BCUT2D eigenvalue weighted by Crippen LogP contribution is 2.23. The molecule has 0 aliphatic heterocycles. The molecular weight excluding hydrogens is 322 g/mol. The second kappa shape index (κ2) is 5.94. The van der Waals surface area contributed by atoms with Gasteiger partial charge in [-0.25, -0.2) is 13.4 Å². The Bertz CT molecular complexity index is 871. The van der Waals surface area contributed by atoms with Crippen LogP contribution in [0.4, 0.5) is 0 Å². The van der Waals surface area contributed by atoms with Crippen molar-refractivity contribution in [2.24, 2.45) is 0 Å². The first kappa shape index (κ1) is 14.8. The molecule has 1 heterocycles. The molecule has 0 radical (unpaired) electrons. The fraction of sp³-hybridized carbons (Fsp3) is 0.0625. The average molecular weight is 334 g/mol. The molecule has 1 aromatic heterocycles. The molecule has 22 heavy (non-hydrogen) atoms. The van der Waals surface area contributed by atoms with Crippen molar-refractivity contribution < 1.29 is 12.8 Å². The van der Waals surface area contributed by atoms with Crippen LogP contribution in [0.5, 0.6) is 0 Å². The van der Waals surface area contributed by atoms with Crippen LogP contribution in [0.15, 0.2) is 70.1 Å². The van der Waals surface area contributed by atoms with Crippen LogP contribution in [0.2, 0.25) is 5.02 Å². The maximum absolute atomic E-state index is 12.3. The first-order valence-corrected chi connectivity index (χ1v) is 8.56. The number of aromatic nitrogens is 1. The molecule has 0 bridgehead atoms. The monoisotopic (exact) mass is 333 g/mol. The van der Waals surface area contributed by atoms with Crippen molar-refractivity contribution in [3.8, 4) is 11.3 Å². The van der Waals surface area contributed by atoms with Crippen LogP contribution in [-0.4, -0.2) is 13.4 Å². The van der Waals surface area contributed by atoms with E-state index in [0.29, 0.717) is 10.8 Å². The molecular formula is C16H12ClNO3S. The molecule has 112 valence electrons. The Labute approximate surface area is 133 Å². The van der Waals surface area contributed by atoms with E-state index in [1.165, 1.54) is 18.3 Å². The van der Waals surface area contributed by atoms with Gasteiger partial charge in [0, 0.05) is 10.6 Å². The van der Waals surface area contributed by atoms with Gasteiger partial charge in [0.1, 0.15) is 5.75 Å². The van der Waals surface area contributed by atoms with Gasteiger partial charge in [0.05, 0.1) is 11.1 Å². The zero-order valence-corrected chi connectivity index (χ0v) is 13.0. The summed E-state index contributed by atoms with van der Waals surface area (Å²) >= 11 is 5.77. The summed E-state index contributed by atoms with van der Waals surface area (Å²) in [4.78, 5) is 4.24. The van der Waals surface area contributed by atoms with E-state index in [2.05, 4.69) is 4.98 Å². The van der Waals surface area contributed by atoms with Crippen molar-refractivity contribution in [2.75, 3.05) is 0 Å². The molecule has 0 saturated heterocycles. The molecule has 0 saturated carbocycles. The standard InChI is InChI=1S/C16H12ClNO3S/c17-13-6-8-14(9-7-13)22(19,20)11-16-18-10-15(21-16)12-4-2-1-3-5-12/h1-10H,11H2. The first-order valence-electron chi connectivity index (χ1n) is 6.53. The van der Waals surface area contributed by atoms with Gasteiger partial charge in [0.2, 0.25) is 5.89 Å². The second-order valence-corrected chi connectivity index (χ2v) is 7.12. The third-order valence-electron chi connectivity index (χ3n) is 3.10. The van der Waals surface area contributed by atoms with E-state index in [9.17, 15) is 8.42 Å². The number of benzene rings is 2. The van der Waals surface area contributed by atoms with E-state index in [0.717, 1.165) is 5.56 Å². The van der Waals surface area contributed by atoms with Crippen LogP contribution in [0.3, 0.4) is 0 Å². The minimum absolute atomic E-state index is 0.161. The molecule has 0 N–H and O–H groups in total. The molecule has 0 amide bonds. The Morgan fingerprint density at radius 1 is 1.00 bits per heavy atom. The van der Waals surface area contributed by atoms with Crippen LogP contribution in [0.1, 0.15) is 5.89 Å². The largest absolute Gasteiger partial charge is 0.440 e. The van der Waals surface area contributed by atoms with Gasteiger partial charge in [-0.1, -0.05) is 41.9 Å². The minimum Gasteiger partial charge on any atom is -0.440 e. The summed E-state index contributed by atoms with van der Waals surface area (Å²) in [7, 11) is -3.51. The number of hydrogen-bond donors (Lipinski definition) is 0. The molecule has 0 aliphatic carbocycles. The van der Waals surface area contributed by atoms with Gasteiger partial charge < -0.3 is 4.42 Å². The summed E-state index contributed by atoms with van der Waals surface area (Å²) in [5, 5.41) is 0.487. The van der Waals surface area contributed by atoms with Crippen LogP contribution >= 0.6 is 11.6 Å². The summed E-state index contributed by atoms with van der Waals surface area (Å²) in [5.74, 6) is 0.414. The van der Waals surface area contributed by atoms with Gasteiger partial charge in [0.25, 0.3) is 0 Å². The predicted molar refractivity (Wildman–Crippen MR) is 84.3 cm³/mol. The molecule has 0 fully saturated rings. The summed E-state index contributed by atoms with van der Waals surface area (Å²) in [6.45, 7) is 0. The Hall–Kier alpha value is -2.11. The quantitative estimate of drug-likeness (QED) is 0.724. The van der Waals surface area contributed by atoms with Crippen molar-refractivity contribution in [3.63, 3.8) is 0 Å². The number of rotatable bonds is 4. The highest BCUT2D eigenvalue weighted by atomic mass is 35.5. The zero-order valence-electron chi connectivity index (χ0n) is 11.4. The third-order valence-corrected chi connectivity index (χ3v) is 4.97. The summed E-state index contributed by atoms with van der Waals surface area (Å²) < 4.78 is 30.2. The van der Waals surface area contributed by atoms with E-state index < -0.39 is 9.84 Å². The van der Waals surface area contributed by atoms with Crippen molar-refractivity contribution in [1.82, 2.24) is 4.98 Å². The average Bonchev–Trinajstić information content (AvgIpc) is 2.96. The molecule has 0 unspecified atom stereocenters. The SMILES string of the molecule is O=S(=O)(Cc1ncc(-c2ccccc2)o1)c1ccc(Cl)cc1. The van der Waals surface area contributed by atoms with E-state index in [1.807, 2.05) is 30.3 Å². The Kier molecular flexibility index (Phi) is 4.00. The lowest BCUT2D eigenvalue weighted by atomic mass is 10.2.